The van der Waals surface area contributed by atoms with Crippen LogP contribution in [0.5, 0.6) is 0 Å². The molecule has 4 heteroatoms. The minimum atomic E-state index is -0.212. The van der Waals surface area contributed by atoms with Crippen molar-refractivity contribution in [2.24, 2.45) is 4.99 Å². The number of hydrogen-bond acceptors (Lipinski definition) is 3. The molecule has 0 bridgehead atoms. The van der Waals surface area contributed by atoms with Crippen LogP contribution in [0.25, 0.3) is 5.76 Å². The average Bonchev–Trinajstić information content (AvgIpc) is 2.92. The van der Waals surface area contributed by atoms with E-state index in [2.05, 4.69) is 15.9 Å². The first kappa shape index (κ1) is 16.5. The summed E-state index contributed by atoms with van der Waals surface area (Å²) < 4.78 is 0.894. The highest BCUT2D eigenvalue weighted by Gasteiger charge is 2.33. The highest BCUT2D eigenvalue weighted by Crippen LogP contribution is 2.34. The van der Waals surface area contributed by atoms with Crippen LogP contribution in [0.2, 0.25) is 0 Å². The molecular formula is C22H14BrNO2. The number of aliphatic hydroxyl groups excluding tert-OH is 1. The molecule has 4 rings (SSSR count). The van der Waals surface area contributed by atoms with E-state index in [1.807, 2.05) is 54.6 Å². The molecule has 3 aromatic carbocycles. The number of carbonyl (C=O) groups is 1. The Morgan fingerprint density at radius 3 is 2.23 bits per heavy atom. The minimum absolute atomic E-state index is 0.0248. The Bertz CT molecular complexity index is 1070. The van der Waals surface area contributed by atoms with Gasteiger partial charge in [-0.05, 0) is 18.2 Å². The lowest BCUT2D eigenvalue weighted by atomic mass is 9.99. The number of Topliss-reactive ketones (excluding diaryl/α,β-unsaturated/α-hetero) is 1. The van der Waals surface area contributed by atoms with E-state index in [9.17, 15) is 9.90 Å². The van der Waals surface area contributed by atoms with E-state index in [1.165, 1.54) is 0 Å². The van der Waals surface area contributed by atoms with Crippen molar-refractivity contribution in [2.75, 3.05) is 0 Å². The van der Waals surface area contributed by atoms with Gasteiger partial charge in [0, 0.05) is 21.2 Å². The van der Waals surface area contributed by atoms with Gasteiger partial charge in [-0.1, -0.05) is 76.6 Å². The maximum absolute atomic E-state index is 13.0. The summed E-state index contributed by atoms with van der Waals surface area (Å²) in [5, 5.41) is 10.7. The summed E-state index contributed by atoms with van der Waals surface area (Å²) in [5.41, 5.74) is 3.21. The number of aliphatic hydroxyl groups is 1. The number of carbonyl (C=O) groups excluding carboxylic acids is 1. The number of benzene rings is 3. The van der Waals surface area contributed by atoms with E-state index in [1.54, 1.807) is 24.3 Å². The van der Waals surface area contributed by atoms with Crippen LogP contribution in [-0.4, -0.2) is 16.6 Å². The molecule has 0 spiro atoms. The molecule has 0 aromatic heterocycles. The fraction of sp³-hybridized carbons (Fsp3) is 0. The number of ketones is 1. The Morgan fingerprint density at radius 1 is 0.846 bits per heavy atom. The Hall–Kier alpha value is -2.98. The normalized spacial score (nSPS) is 13.9. The van der Waals surface area contributed by atoms with Crippen molar-refractivity contribution < 1.29 is 9.90 Å². The van der Waals surface area contributed by atoms with Crippen molar-refractivity contribution >= 4 is 38.9 Å². The number of aliphatic imine (C=N–C) groups is 1. The SMILES string of the molecule is O=C1C(C(=Nc2cccc(Br)c2)c2ccccc2)=C(O)c2ccccc21. The van der Waals surface area contributed by atoms with Gasteiger partial charge in [0.15, 0.2) is 5.78 Å². The van der Waals surface area contributed by atoms with Crippen LogP contribution in [0, 0.1) is 0 Å². The molecule has 3 aromatic rings. The number of rotatable bonds is 3. The zero-order chi connectivity index (χ0) is 18.1. The largest absolute Gasteiger partial charge is 0.506 e. The van der Waals surface area contributed by atoms with E-state index in [0.29, 0.717) is 22.5 Å². The van der Waals surface area contributed by atoms with E-state index < -0.39 is 0 Å². The van der Waals surface area contributed by atoms with Crippen LogP contribution in [0.1, 0.15) is 21.5 Å². The Kier molecular flexibility index (Phi) is 4.27. The molecule has 3 nitrogen and oxygen atoms in total. The molecule has 26 heavy (non-hydrogen) atoms. The lowest BCUT2D eigenvalue weighted by Gasteiger charge is -2.09. The third-order valence-corrected chi connectivity index (χ3v) is 4.72. The average molecular weight is 404 g/mol. The lowest BCUT2D eigenvalue weighted by molar-refractivity contribution is 0.104. The maximum Gasteiger partial charge on any atom is 0.199 e. The van der Waals surface area contributed by atoms with Crippen LogP contribution >= 0.6 is 15.9 Å². The molecule has 0 aliphatic heterocycles. The first-order valence-corrected chi connectivity index (χ1v) is 8.92. The summed E-state index contributed by atoms with van der Waals surface area (Å²) >= 11 is 3.44. The number of nitrogens with zero attached hydrogens (tertiary/aromatic N) is 1. The van der Waals surface area contributed by atoms with E-state index in [-0.39, 0.29) is 17.1 Å². The summed E-state index contributed by atoms with van der Waals surface area (Å²) in [6.07, 6.45) is 0. The molecule has 0 heterocycles. The summed E-state index contributed by atoms with van der Waals surface area (Å²) in [4.78, 5) is 17.7. The number of fused-ring (bicyclic) bond motifs is 1. The Balaban J connectivity index is 1.93. The van der Waals surface area contributed by atoms with Crippen molar-refractivity contribution in [2.45, 2.75) is 0 Å². The first-order valence-electron chi connectivity index (χ1n) is 8.12. The monoisotopic (exact) mass is 403 g/mol. The van der Waals surface area contributed by atoms with Crippen LogP contribution in [0.15, 0.2) is 93.9 Å². The second kappa shape index (κ2) is 6.73. The van der Waals surface area contributed by atoms with E-state index in [0.717, 1.165) is 10.0 Å². The van der Waals surface area contributed by atoms with Gasteiger partial charge in [0.1, 0.15) is 5.76 Å². The molecule has 0 radical (unpaired) electrons. The summed E-state index contributed by atoms with van der Waals surface area (Å²) in [5.74, 6) is -0.237. The zero-order valence-electron chi connectivity index (χ0n) is 13.7. The van der Waals surface area contributed by atoms with Gasteiger partial charge in [-0.15, -0.1) is 0 Å². The van der Waals surface area contributed by atoms with Crippen molar-refractivity contribution in [1.29, 1.82) is 0 Å². The second-order valence-electron chi connectivity index (χ2n) is 5.90. The molecule has 0 saturated heterocycles. The van der Waals surface area contributed by atoms with Crippen molar-refractivity contribution in [3.8, 4) is 0 Å². The Morgan fingerprint density at radius 2 is 1.54 bits per heavy atom. The smallest absolute Gasteiger partial charge is 0.199 e. The van der Waals surface area contributed by atoms with Crippen molar-refractivity contribution in [3.05, 3.63) is 106 Å². The van der Waals surface area contributed by atoms with Gasteiger partial charge in [0.2, 0.25) is 0 Å². The fourth-order valence-electron chi connectivity index (χ4n) is 3.02. The highest BCUT2D eigenvalue weighted by molar-refractivity contribution is 9.10. The van der Waals surface area contributed by atoms with Gasteiger partial charge in [0.25, 0.3) is 0 Å². The second-order valence-corrected chi connectivity index (χ2v) is 6.82. The molecule has 0 fully saturated rings. The summed E-state index contributed by atoms with van der Waals surface area (Å²) in [7, 11) is 0. The molecule has 0 atom stereocenters. The molecule has 0 amide bonds. The molecular weight excluding hydrogens is 390 g/mol. The fourth-order valence-corrected chi connectivity index (χ4v) is 3.41. The quantitative estimate of drug-likeness (QED) is 0.567. The minimum Gasteiger partial charge on any atom is -0.506 e. The van der Waals surface area contributed by atoms with Gasteiger partial charge in [0.05, 0.1) is 17.0 Å². The molecule has 1 aliphatic rings. The molecule has 0 unspecified atom stereocenters. The highest BCUT2D eigenvalue weighted by atomic mass is 79.9. The molecule has 126 valence electrons. The topological polar surface area (TPSA) is 49.7 Å². The van der Waals surface area contributed by atoms with Gasteiger partial charge < -0.3 is 5.11 Å². The lowest BCUT2D eigenvalue weighted by Crippen LogP contribution is -2.12. The predicted octanol–water partition coefficient (Wildman–Crippen LogP) is 5.74. The molecule has 1 N–H and O–H groups in total. The van der Waals surface area contributed by atoms with Crippen LogP contribution in [0.3, 0.4) is 0 Å². The molecule has 1 aliphatic carbocycles. The zero-order valence-corrected chi connectivity index (χ0v) is 15.3. The van der Waals surface area contributed by atoms with Crippen molar-refractivity contribution in [1.82, 2.24) is 0 Å². The summed E-state index contributed by atoms with van der Waals surface area (Å²) in [6.45, 7) is 0. The first-order chi connectivity index (χ1) is 12.6. The van der Waals surface area contributed by atoms with Gasteiger partial charge >= 0.3 is 0 Å². The third-order valence-electron chi connectivity index (χ3n) is 4.22. The standard InChI is InChI=1S/C22H14BrNO2/c23-15-9-6-10-16(13-15)24-20(14-7-2-1-3-8-14)19-21(25)17-11-4-5-12-18(17)22(19)26/h1-13,25H. The molecule has 0 saturated carbocycles. The maximum atomic E-state index is 13.0. The summed E-state index contributed by atoms with van der Waals surface area (Å²) in [6, 6.07) is 24.0. The van der Waals surface area contributed by atoms with Crippen molar-refractivity contribution in [3.63, 3.8) is 0 Å². The van der Waals surface area contributed by atoms with E-state index in [4.69, 9.17) is 4.99 Å². The number of hydrogen-bond donors (Lipinski definition) is 1. The van der Waals surface area contributed by atoms with E-state index >= 15 is 0 Å². The van der Waals surface area contributed by atoms with Gasteiger partial charge in [-0.3, -0.25) is 4.79 Å². The van der Waals surface area contributed by atoms with Crippen LogP contribution < -0.4 is 0 Å². The number of allylic oxidation sites excluding steroid dienone is 1. The van der Waals surface area contributed by atoms with Gasteiger partial charge in [-0.2, -0.15) is 0 Å². The van der Waals surface area contributed by atoms with Crippen LogP contribution in [-0.2, 0) is 0 Å². The predicted molar refractivity (Wildman–Crippen MR) is 107 cm³/mol. The Labute approximate surface area is 159 Å². The third kappa shape index (κ3) is 2.89. The van der Waals surface area contributed by atoms with Gasteiger partial charge in [-0.25, -0.2) is 4.99 Å². The van der Waals surface area contributed by atoms with Crippen LogP contribution in [0.4, 0.5) is 5.69 Å². The number of halogens is 1.